The molecule has 5 N–H and O–H groups in total. The minimum Gasteiger partial charge on any atom is -0.456 e. The van der Waals surface area contributed by atoms with Gasteiger partial charge in [-0.05, 0) is 63.5 Å². The zero-order valence-corrected chi connectivity index (χ0v) is 33.9. The Hall–Kier alpha value is -4.67. The maximum absolute atomic E-state index is 14.9. The van der Waals surface area contributed by atoms with Crippen LogP contribution in [0.25, 0.3) is 0 Å². The smallest absolute Gasteiger partial charge is 0.408 e. The molecule has 15 heteroatoms. The van der Waals surface area contributed by atoms with Gasteiger partial charge in [0, 0.05) is 25.2 Å². The largest absolute Gasteiger partial charge is 0.456 e. The molecule has 3 fully saturated rings. The van der Waals surface area contributed by atoms with Crippen LogP contribution in [0.1, 0.15) is 90.2 Å². The van der Waals surface area contributed by atoms with E-state index >= 15 is 0 Å². The van der Waals surface area contributed by atoms with Crippen molar-refractivity contribution in [2.45, 2.75) is 128 Å². The number of aliphatic hydroxyl groups excluding tert-OH is 3. The molecule has 11 atom stereocenters. The summed E-state index contributed by atoms with van der Waals surface area (Å²) in [7, 11) is 0. The molecule has 1 saturated heterocycles. The second-order valence-electron chi connectivity index (χ2n) is 17.6. The topological polar surface area (TPSA) is 224 Å². The maximum atomic E-state index is 14.9. The van der Waals surface area contributed by atoms with Gasteiger partial charge >= 0.3 is 24.0 Å². The third-order valence-electron chi connectivity index (χ3n) is 12.6. The number of carbonyl (C=O) groups excluding carboxylic acids is 5. The van der Waals surface area contributed by atoms with E-state index in [4.69, 9.17) is 23.7 Å². The number of alkyl carbamates (subject to hydrolysis) is 1. The third-order valence-corrected chi connectivity index (χ3v) is 12.6. The lowest BCUT2D eigenvalue weighted by molar-refractivity contribution is -0.346. The predicted molar refractivity (Wildman–Crippen MR) is 204 cm³/mol. The number of nitrogens with one attached hydrogen (secondary N) is 1. The van der Waals surface area contributed by atoms with Gasteiger partial charge in [0.25, 0.3) is 0 Å². The molecule has 3 unspecified atom stereocenters. The fourth-order valence-corrected chi connectivity index (χ4v) is 9.56. The van der Waals surface area contributed by atoms with Gasteiger partial charge < -0.3 is 49.4 Å². The minimum atomic E-state index is -2.35. The van der Waals surface area contributed by atoms with Crippen LogP contribution in [0.15, 0.2) is 71.8 Å². The highest BCUT2D eigenvalue weighted by molar-refractivity contribution is 5.94. The summed E-state index contributed by atoms with van der Waals surface area (Å²) in [5.41, 5.74) is -8.14. The Morgan fingerprint density at radius 1 is 0.948 bits per heavy atom. The van der Waals surface area contributed by atoms with Gasteiger partial charge in [0.05, 0.1) is 35.6 Å². The Kier molecular flexibility index (Phi) is 11.2. The number of ketones is 1. The van der Waals surface area contributed by atoms with Crippen molar-refractivity contribution in [3.8, 4) is 0 Å². The van der Waals surface area contributed by atoms with E-state index in [9.17, 15) is 44.4 Å². The molecule has 6 rings (SSSR count). The van der Waals surface area contributed by atoms with Gasteiger partial charge in [0.2, 0.25) is 0 Å². The van der Waals surface area contributed by atoms with Gasteiger partial charge in [-0.15, -0.1) is 0 Å². The minimum absolute atomic E-state index is 0.0637. The number of hydrogen-bond donors (Lipinski definition) is 5. The number of ether oxygens (including phenoxy) is 5. The molecule has 1 aliphatic heterocycles. The van der Waals surface area contributed by atoms with Gasteiger partial charge in [0.1, 0.15) is 35.6 Å². The molecule has 2 aromatic rings. The monoisotopic (exact) mass is 807 g/mol. The zero-order chi connectivity index (χ0) is 42.7. The molecule has 3 aliphatic carbocycles. The summed E-state index contributed by atoms with van der Waals surface area (Å²) in [6.07, 6.45) is -11.5. The molecule has 0 spiro atoms. The highest BCUT2D eigenvalue weighted by Gasteiger charge is 2.78. The van der Waals surface area contributed by atoms with E-state index in [-0.39, 0.29) is 29.7 Å². The second-order valence-corrected chi connectivity index (χ2v) is 17.6. The standard InChI is InChI=1S/C43H53NO14/c1-22-26(55-37(51)32(48)30(24-15-11-9-12-16-24)44-38(52)58-39(3,4)5)20-43(53)35(56-36(50)25-17-13-10-14-18-25)33-41(8,34(49)31(47)29(22)40(43,6)7)27(46)19-28-42(33,21-54-28)57-23(2)45/h9-18,26-28,30-33,35,46-48,53H,19-21H2,1-8H3,(H,44,52)/t26-,27?,28+,30-,31+,32+,33-,35-,41?,42-,43?/m0/s1. The Morgan fingerprint density at radius 2 is 1.55 bits per heavy atom. The van der Waals surface area contributed by atoms with E-state index in [1.165, 1.54) is 26.0 Å². The number of esters is 3. The van der Waals surface area contributed by atoms with Crippen LogP contribution < -0.4 is 5.32 Å². The number of benzene rings is 2. The molecule has 0 aromatic heterocycles. The summed E-state index contributed by atoms with van der Waals surface area (Å²) >= 11 is 0. The lowest BCUT2D eigenvalue weighted by Crippen LogP contribution is -2.81. The van der Waals surface area contributed by atoms with Crippen molar-refractivity contribution < 1.29 is 68.1 Å². The predicted octanol–water partition coefficient (Wildman–Crippen LogP) is 3.26. The Labute approximate surface area is 336 Å². The van der Waals surface area contributed by atoms with Crippen molar-refractivity contribution in [1.29, 1.82) is 0 Å². The summed E-state index contributed by atoms with van der Waals surface area (Å²) in [6, 6.07) is 14.6. The van der Waals surface area contributed by atoms with Gasteiger partial charge in [0.15, 0.2) is 17.5 Å². The third kappa shape index (κ3) is 7.10. The van der Waals surface area contributed by atoms with Crippen molar-refractivity contribution in [3.05, 3.63) is 82.9 Å². The Balaban J connectivity index is 1.49. The van der Waals surface area contributed by atoms with Crippen LogP contribution in [0.3, 0.4) is 0 Å². The van der Waals surface area contributed by atoms with E-state index in [1.54, 1.807) is 83.1 Å². The van der Waals surface area contributed by atoms with Crippen molar-refractivity contribution in [1.82, 2.24) is 5.32 Å². The van der Waals surface area contributed by atoms with Crippen molar-refractivity contribution in [3.63, 3.8) is 0 Å². The van der Waals surface area contributed by atoms with Crippen molar-refractivity contribution >= 4 is 29.8 Å². The van der Waals surface area contributed by atoms with Crippen LogP contribution in [-0.2, 0) is 38.1 Å². The molecular weight excluding hydrogens is 754 g/mol. The Bertz CT molecular complexity index is 1980. The first-order valence-corrected chi connectivity index (χ1v) is 19.3. The van der Waals surface area contributed by atoms with E-state index in [0.29, 0.717) is 5.56 Å². The lowest BCUT2D eigenvalue weighted by atomic mass is 9.44. The van der Waals surface area contributed by atoms with E-state index in [0.717, 1.165) is 6.92 Å². The molecule has 58 heavy (non-hydrogen) atoms. The molecule has 2 saturated carbocycles. The first-order chi connectivity index (χ1) is 27.0. The fraction of sp³-hybridized carbons (Fsp3) is 0.558. The van der Waals surface area contributed by atoms with Gasteiger partial charge in [-0.1, -0.05) is 62.4 Å². The first kappa shape index (κ1) is 42.9. The number of aliphatic hydroxyl groups is 4. The summed E-state index contributed by atoms with van der Waals surface area (Å²) in [6.45, 7) is 11.8. The lowest BCUT2D eigenvalue weighted by Gasteiger charge is -2.67. The molecule has 4 aliphatic rings. The number of rotatable bonds is 8. The number of carbonyl (C=O) groups is 5. The average molecular weight is 808 g/mol. The van der Waals surface area contributed by atoms with Gasteiger partial charge in [-0.25, -0.2) is 14.4 Å². The second kappa shape index (κ2) is 15.2. The number of fused-ring (bicyclic) bond motifs is 5. The zero-order valence-electron chi connectivity index (χ0n) is 33.9. The van der Waals surface area contributed by atoms with Crippen LogP contribution in [0.2, 0.25) is 0 Å². The normalized spacial score (nSPS) is 33.7. The van der Waals surface area contributed by atoms with Crippen LogP contribution in [0.4, 0.5) is 4.79 Å². The highest BCUT2D eigenvalue weighted by atomic mass is 16.6. The summed E-state index contributed by atoms with van der Waals surface area (Å²) in [5.74, 6) is -5.36. The van der Waals surface area contributed by atoms with Crippen molar-refractivity contribution in [2.75, 3.05) is 6.61 Å². The molecular formula is C43H53NO14. The van der Waals surface area contributed by atoms with Crippen LogP contribution in [0, 0.1) is 16.7 Å². The summed E-state index contributed by atoms with van der Waals surface area (Å²) in [5, 5.41) is 51.6. The van der Waals surface area contributed by atoms with Crippen molar-refractivity contribution in [2.24, 2.45) is 16.7 Å². The van der Waals surface area contributed by atoms with Crippen LogP contribution in [-0.4, -0.2) is 110 Å². The quantitative estimate of drug-likeness (QED) is 0.147. The van der Waals surface area contributed by atoms with Gasteiger partial charge in [-0.3, -0.25) is 9.59 Å². The summed E-state index contributed by atoms with van der Waals surface area (Å²) in [4.78, 5) is 68.9. The van der Waals surface area contributed by atoms with E-state index < -0.39 is 112 Å². The highest BCUT2D eigenvalue weighted by Crippen LogP contribution is 2.64. The van der Waals surface area contributed by atoms with Crippen LogP contribution in [0.5, 0.6) is 0 Å². The van der Waals surface area contributed by atoms with Gasteiger partial charge in [-0.2, -0.15) is 0 Å². The van der Waals surface area contributed by atoms with Crippen LogP contribution >= 0.6 is 0 Å². The molecule has 2 aromatic carbocycles. The first-order valence-electron chi connectivity index (χ1n) is 19.3. The number of hydrogen-bond acceptors (Lipinski definition) is 14. The van der Waals surface area contributed by atoms with E-state index in [1.807, 2.05) is 0 Å². The number of Topliss-reactive ketones (excluding diaryl/α,β-unsaturated/α-hetero) is 1. The SMILES string of the molecule is CC(=O)O[C@@]12CO[C@@H]1CC(O)C1(C)C(=O)[C@H](O)C3=C(C)[C@@H](OC(=O)[C@H](O)[C@@H](NC(=O)OC(C)(C)C)c4ccccc4)CC(O)([C@@H](OC(=O)c4ccccc4)[C@@H]12)C3(C)C. The fourth-order valence-electron chi connectivity index (χ4n) is 9.56. The van der Waals surface area contributed by atoms with E-state index in [2.05, 4.69) is 5.32 Å². The molecule has 314 valence electrons. The summed E-state index contributed by atoms with van der Waals surface area (Å²) < 4.78 is 29.5. The molecule has 15 nitrogen and oxygen atoms in total. The molecule has 1 heterocycles. The molecule has 0 radical (unpaired) electrons. The molecule has 2 bridgehead atoms. The maximum Gasteiger partial charge on any atom is 0.408 e. The number of amides is 1. The Morgan fingerprint density at radius 3 is 2.10 bits per heavy atom. The molecule has 1 amide bonds. The average Bonchev–Trinajstić information content (AvgIpc) is 3.14.